The van der Waals surface area contributed by atoms with E-state index in [-0.39, 0.29) is 66.8 Å². The van der Waals surface area contributed by atoms with Gasteiger partial charge in [0.15, 0.2) is 17.3 Å². The zero-order valence-electron chi connectivity index (χ0n) is 19.7. The van der Waals surface area contributed by atoms with Gasteiger partial charge in [0.1, 0.15) is 17.1 Å². The van der Waals surface area contributed by atoms with Crippen molar-refractivity contribution in [2.45, 2.75) is 46.6 Å². The van der Waals surface area contributed by atoms with Gasteiger partial charge < -0.3 is 15.3 Å². The second-order valence-electron chi connectivity index (χ2n) is 9.67. The molecule has 4 atom stereocenters. The van der Waals surface area contributed by atoms with Gasteiger partial charge in [-0.05, 0) is 45.8 Å². The minimum Gasteiger partial charge on any atom is -0.565 e. The van der Waals surface area contributed by atoms with Crippen molar-refractivity contribution in [1.29, 1.82) is 0 Å². The quantitative estimate of drug-likeness (QED) is 0.400. The Balaban J connectivity index is 0.00000306. The Bertz CT molecular complexity index is 1160. The van der Waals surface area contributed by atoms with Gasteiger partial charge in [-0.25, -0.2) is 0 Å². The minimum atomic E-state index is -1.54. The molecule has 8 heteroatoms. The summed E-state index contributed by atoms with van der Waals surface area (Å²) in [4.78, 5) is 41.1. The fourth-order valence-corrected chi connectivity index (χ4v) is 5.97. The number of nitrogens with zero attached hydrogens (tertiary/aromatic N) is 1. The van der Waals surface area contributed by atoms with E-state index in [0.29, 0.717) is 18.4 Å². The van der Waals surface area contributed by atoms with Crippen LogP contribution in [0.1, 0.15) is 42.5 Å². The monoisotopic (exact) mass is 527 g/mol. The molecule has 0 spiro atoms. The summed E-state index contributed by atoms with van der Waals surface area (Å²) < 4.78 is 0. The van der Waals surface area contributed by atoms with Crippen LogP contribution < -0.4 is 0 Å². The van der Waals surface area contributed by atoms with Crippen molar-refractivity contribution in [3.8, 4) is 5.75 Å². The first-order chi connectivity index (χ1) is 14.8. The number of hydrogen-bond donors (Lipinski definition) is 3. The number of ketones is 3. The van der Waals surface area contributed by atoms with Gasteiger partial charge in [0, 0.05) is 49.9 Å². The fourth-order valence-electron chi connectivity index (χ4n) is 5.97. The Labute approximate surface area is 218 Å². The number of carbonyl (C=O) groups excluding carboxylic acids is 3. The Morgan fingerprint density at radius 3 is 2.27 bits per heavy atom. The zero-order chi connectivity index (χ0) is 23.9. The summed E-state index contributed by atoms with van der Waals surface area (Å²) in [5.41, 5.74) is 0.452. The van der Waals surface area contributed by atoms with Crippen molar-refractivity contribution < 1.29 is 62.4 Å². The maximum atomic E-state index is 13.9. The SMILES string of the molecule is CC(=O)C1=C(O)[C@@]2(C)C(=O)C3=C(O)c4c(O)c(C)[c-]c(C)c4C[C@H]3C[C@H]2[C@H](N(C)C)C1=O.[Y]. The smallest absolute Gasteiger partial charge is 0.187 e. The van der Waals surface area contributed by atoms with Crippen molar-refractivity contribution in [2.24, 2.45) is 17.3 Å². The van der Waals surface area contributed by atoms with E-state index < -0.39 is 40.5 Å². The second kappa shape index (κ2) is 8.44. The second-order valence-corrected chi connectivity index (χ2v) is 9.67. The average Bonchev–Trinajstić information content (AvgIpc) is 2.68. The molecule has 3 aliphatic rings. The topological polar surface area (TPSA) is 115 Å². The van der Waals surface area contributed by atoms with Crippen LogP contribution in [0.2, 0.25) is 0 Å². The molecule has 33 heavy (non-hydrogen) atoms. The number of aliphatic hydroxyl groups excluding tert-OH is 2. The van der Waals surface area contributed by atoms with Gasteiger partial charge >= 0.3 is 0 Å². The molecule has 0 amide bonds. The van der Waals surface area contributed by atoms with Crippen LogP contribution in [-0.4, -0.2) is 57.7 Å². The van der Waals surface area contributed by atoms with Gasteiger partial charge in [-0.15, -0.1) is 11.1 Å². The van der Waals surface area contributed by atoms with Crippen LogP contribution in [-0.2, 0) is 53.5 Å². The van der Waals surface area contributed by atoms with E-state index in [1.807, 2.05) is 6.92 Å². The Kier molecular flexibility index (Phi) is 6.59. The molecule has 0 bridgehead atoms. The van der Waals surface area contributed by atoms with Crippen molar-refractivity contribution in [3.63, 3.8) is 0 Å². The number of carbonyl (C=O) groups is 3. The summed E-state index contributed by atoms with van der Waals surface area (Å²) in [6, 6.07) is 2.34. The fraction of sp³-hybridized carbons (Fsp3) is 0.480. The summed E-state index contributed by atoms with van der Waals surface area (Å²) in [6.45, 7) is 6.26. The molecule has 1 aromatic rings. The van der Waals surface area contributed by atoms with Crippen molar-refractivity contribution in [1.82, 2.24) is 4.90 Å². The number of phenolic OH excluding ortho intramolecular Hbond substituents is 1. The van der Waals surface area contributed by atoms with Crippen LogP contribution >= 0.6 is 0 Å². The maximum absolute atomic E-state index is 13.9. The third-order valence-corrected chi connectivity index (χ3v) is 7.60. The first-order valence-electron chi connectivity index (χ1n) is 10.7. The molecule has 1 fully saturated rings. The molecule has 1 aromatic carbocycles. The average molecular weight is 527 g/mol. The van der Waals surface area contributed by atoms with Gasteiger partial charge in [-0.3, -0.25) is 19.3 Å². The number of fused-ring (bicyclic) bond motifs is 3. The number of allylic oxidation sites excluding steroid dienone is 2. The predicted molar refractivity (Wildman–Crippen MR) is 117 cm³/mol. The maximum Gasteiger partial charge on any atom is 0.187 e. The molecule has 3 aliphatic carbocycles. The number of likely N-dealkylation sites (N-methyl/N-ethyl adjacent to an activating group) is 1. The number of phenols is 1. The predicted octanol–water partition coefficient (Wildman–Crippen LogP) is 2.76. The van der Waals surface area contributed by atoms with Gasteiger partial charge in [0.2, 0.25) is 0 Å². The summed E-state index contributed by atoms with van der Waals surface area (Å²) in [7, 11) is 3.43. The van der Waals surface area contributed by atoms with Gasteiger partial charge in [-0.1, -0.05) is 20.3 Å². The van der Waals surface area contributed by atoms with Crippen molar-refractivity contribution in [3.05, 3.63) is 45.2 Å². The van der Waals surface area contributed by atoms with E-state index in [9.17, 15) is 29.7 Å². The van der Waals surface area contributed by atoms with E-state index in [0.717, 1.165) is 11.1 Å². The van der Waals surface area contributed by atoms with Crippen LogP contribution in [0.15, 0.2) is 16.9 Å². The van der Waals surface area contributed by atoms with Crippen LogP contribution in [0.5, 0.6) is 5.75 Å². The Morgan fingerprint density at radius 2 is 1.73 bits per heavy atom. The largest absolute Gasteiger partial charge is 0.565 e. The molecule has 4 rings (SSSR count). The molecule has 7 nitrogen and oxygen atoms in total. The molecule has 1 radical (unpaired) electrons. The normalized spacial score (nSPS) is 28.9. The van der Waals surface area contributed by atoms with E-state index >= 15 is 0 Å². The Morgan fingerprint density at radius 1 is 1.12 bits per heavy atom. The summed E-state index contributed by atoms with van der Waals surface area (Å²) in [5.74, 6) is -3.50. The number of aromatic hydroxyl groups is 1. The van der Waals surface area contributed by atoms with E-state index in [4.69, 9.17) is 0 Å². The van der Waals surface area contributed by atoms with Crippen LogP contribution in [0.3, 0.4) is 0 Å². The number of aryl methyl sites for hydroxylation is 2. The summed E-state index contributed by atoms with van der Waals surface area (Å²) in [6.07, 6.45) is 0.764. The Hall–Kier alpha value is -1.83. The molecule has 1 saturated carbocycles. The summed E-state index contributed by atoms with van der Waals surface area (Å²) in [5, 5.41) is 32.9. The minimum absolute atomic E-state index is 0. The summed E-state index contributed by atoms with van der Waals surface area (Å²) >= 11 is 0. The third kappa shape index (κ3) is 3.38. The zero-order valence-corrected chi connectivity index (χ0v) is 22.6. The van der Waals surface area contributed by atoms with Gasteiger partial charge in [0.25, 0.3) is 0 Å². The molecule has 3 N–H and O–H groups in total. The first-order valence-corrected chi connectivity index (χ1v) is 10.7. The number of aliphatic hydroxyl groups is 2. The van der Waals surface area contributed by atoms with Crippen LogP contribution in [0.4, 0.5) is 0 Å². The third-order valence-electron chi connectivity index (χ3n) is 7.60. The first kappa shape index (κ1) is 25.8. The molecular formula is C25H28NO6Y-. The van der Waals surface area contributed by atoms with Crippen molar-refractivity contribution in [2.75, 3.05) is 14.1 Å². The standard InChI is InChI=1S/C25H28NO6.Y/c1-10-7-11(2)20(28)18-14(10)8-13-9-15-19(26(5)6)22(30)16(12(3)27)23(31)25(15,4)24(32)17(13)21(18)29;/h13,15,19,28-29,31H,8-9H2,1-6H3;/q-1;/t13-,15-,19-,25-;/m0./s1. The number of hydrogen-bond acceptors (Lipinski definition) is 7. The molecule has 0 heterocycles. The molecule has 0 unspecified atom stereocenters. The van der Waals surface area contributed by atoms with Crippen LogP contribution in [0.25, 0.3) is 5.76 Å². The molecule has 0 aliphatic heterocycles. The van der Waals surface area contributed by atoms with E-state index in [1.165, 1.54) is 6.92 Å². The molecule has 0 saturated heterocycles. The molecule has 0 aromatic heterocycles. The van der Waals surface area contributed by atoms with Crippen molar-refractivity contribution >= 4 is 23.1 Å². The molecular weight excluding hydrogens is 499 g/mol. The van der Waals surface area contributed by atoms with E-state index in [2.05, 4.69) is 6.07 Å². The number of rotatable bonds is 2. The van der Waals surface area contributed by atoms with Gasteiger partial charge in [0.05, 0.1) is 11.5 Å². The molecule has 173 valence electrons. The van der Waals surface area contributed by atoms with Gasteiger partial charge in [-0.2, -0.15) is 11.6 Å². The van der Waals surface area contributed by atoms with Crippen LogP contribution in [0, 0.1) is 37.2 Å². The van der Waals surface area contributed by atoms with E-state index in [1.54, 1.807) is 32.8 Å². The number of Topliss-reactive ketones (excluding diaryl/α,β-unsaturated/α-hetero) is 3. The number of benzene rings is 1.